The van der Waals surface area contributed by atoms with Crippen LogP contribution in [-0.4, -0.2) is 19.0 Å². The van der Waals surface area contributed by atoms with Crippen molar-refractivity contribution in [2.45, 2.75) is 25.8 Å². The summed E-state index contributed by atoms with van der Waals surface area (Å²) in [5, 5.41) is 0. The first-order valence-electron chi connectivity index (χ1n) is 3.41. The number of nitrogens with two attached hydrogens (primary N) is 1. The highest BCUT2D eigenvalue weighted by Gasteiger charge is 2.04. The number of hydrogen-bond acceptors (Lipinski definition) is 3. The maximum absolute atomic E-state index is 10.8. The Labute approximate surface area is 61.1 Å². The van der Waals surface area contributed by atoms with Crippen LogP contribution >= 0.6 is 0 Å². The highest BCUT2D eigenvalue weighted by Crippen LogP contribution is 1.91. The van der Waals surface area contributed by atoms with E-state index in [9.17, 15) is 4.79 Å². The third kappa shape index (κ3) is 4.29. The highest BCUT2D eigenvalue weighted by molar-refractivity contribution is 5.75. The molecule has 10 heavy (non-hydrogen) atoms. The van der Waals surface area contributed by atoms with Gasteiger partial charge in [0, 0.05) is 19.5 Å². The fourth-order valence-electron chi connectivity index (χ4n) is 0.573. The van der Waals surface area contributed by atoms with E-state index in [0.29, 0.717) is 6.42 Å². The van der Waals surface area contributed by atoms with E-state index in [1.807, 2.05) is 6.92 Å². The largest absolute Gasteiger partial charge is 0.327 e. The van der Waals surface area contributed by atoms with Gasteiger partial charge in [0.15, 0.2) is 0 Å². The van der Waals surface area contributed by atoms with Gasteiger partial charge in [-0.1, -0.05) is 6.92 Å². The molecule has 4 heteroatoms. The van der Waals surface area contributed by atoms with Gasteiger partial charge in [0.05, 0.1) is 0 Å². The lowest BCUT2D eigenvalue weighted by Gasteiger charge is -2.07. The Morgan fingerprint density at radius 1 is 1.70 bits per heavy atom. The number of hydrogen-bond donors (Lipinski definition) is 3. The average Bonchev–Trinajstić information content (AvgIpc) is 1.88. The van der Waals surface area contributed by atoms with Crippen LogP contribution in [0.2, 0.25) is 0 Å². The molecule has 0 fully saturated rings. The Kier molecular flexibility index (Phi) is 4.88. The predicted octanol–water partition coefficient (Wildman–Crippen LogP) is -0.636. The van der Waals surface area contributed by atoms with Crippen LogP contribution in [0.3, 0.4) is 0 Å². The lowest BCUT2D eigenvalue weighted by molar-refractivity contribution is -0.122. The minimum atomic E-state index is -0.0585. The zero-order chi connectivity index (χ0) is 7.98. The molecular weight excluding hydrogens is 130 g/mol. The molecule has 0 aliphatic heterocycles. The van der Waals surface area contributed by atoms with Crippen molar-refractivity contribution in [2.24, 2.45) is 5.73 Å². The topological polar surface area (TPSA) is 67.2 Å². The molecule has 0 rings (SSSR count). The van der Waals surface area contributed by atoms with Gasteiger partial charge in [-0.3, -0.25) is 10.2 Å². The monoisotopic (exact) mass is 145 g/mol. The summed E-state index contributed by atoms with van der Waals surface area (Å²) in [4.78, 5) is 10.8. The summed E-state index contributed by atoms with van der Waals surface area (Å²) < 4.78 is 0. The van der Waals surface area contributed by atoms with Crippen LogP contribution in [0.4, 0.5) is 0 Å². The summed E-state index contributed by atoms with van der Waals surface area (Å²) in [5.41, 5.74) is 10.5. The number of carbonyl (C=O) groups is 1. The summed E-state index contributed by atoms with van der Waals surface area (Å²) >= 11 is 0. The third-order valence-corrected chi connectivity index (χ3v) is 1.24. The molecule has 0 aliphatic carbocycles. The number of nitrogens with one attached hydrogen (secondary N) is 2. The smallest absolute Gasteiger partial charge is 0.235 e. The van der Waals surface area contributed by atoms with Gasteiger partial charge < -0.3 is 5.73 Å². The van der Waals surface area contributed by atoms with E-state index in [4.69, 9.17) is 5.73 Å². The van der Waals surface area contributed by atoms with Gasteiger partial charge >= 0.3 is 0 Å². The van der Waals surface area contributed by atoms with Gasteiger partial charge in [-0.25, -0.2) is 5.43 Å². The average molecular weight is 145 g/mol. The maximum Gasteiger partial charge on any atom is 0.235 e. The Morgan fingerprint density at radius 2 is 2.30 bits per heavy atom. The summed E-state index contributed by atoms with van der Waals surface area (Å²) in [7, 11) is 1.65. The first kappa shape index (κ1) is 9.39. The Morgan fingerprint density at radius 3 is 2.70 bits per heavy atom. The van der Waals surface area contributed by atoms with Crippen molar-refractivity contribution >= 4 is 5.91 Å². The molecule has 1 amide bonds. The molecule has 0 heterocycles. The van der Waals surface area contributed by atoms with Crippen molar-refractivity contribution < 1.29 is 4.79 Å². The van der Waals surface area contributed by atoms with Gasteiger partial charge in [0.2, 0.25) is 5.91 Å². The summed E-state index contributed by atoms with van der Waals surface area (Å²) in [6.45, 7) is 1.96. The van der Waals surface area contributed by atoms with Crippen molar-refractivity contribution in [1.82, 2.24) is 10.9 Å². The van der Waals surface area contributed by atoms with E-state index in [-0.39, 0.29) is 11.9 Å². The molecule has 0 aromatic rings. The number of rotatable bonds is 4. The molecule has 4 N–H and O–H groups in total. The molecular formula is C6H15N3O. The SMILES string of the molecule is CCC(N)CC(=O)NNC. The molecule has 0 spiro atoms. The second kappa shape index (κ2) is 5.20. The highest BCUT2D eigenvalue weighted by atomic mass is 16.2. The van der Waals surface area contributed by atoms with E-state index in [1.165, 1.54) is 0 Å². The molecule has 1 unspecified atom stereocenters. The quantitative estimate of drug-likeness (QED) is 0.461. The van der Waals surface area contributed by atoms with Crippen molar-refractivity contribution in [2.75, 3.05) is 7.05 Å². The summed E-state index contributed by atoms with van der Waals surface area (Å²) in [6, 6.07) is -0.0200. The van der Waals surface area contributed by atoms with Crippen LogP contribution in [0.25, 0.3) is 0 Å². The molecule has 0 aliphatic rings. The third-order valence-electron chi connectivity index (χ3n) is 1.24. The van der Waals surface area contributed by atoms with Crippen molar-refractivity contribution in [1.29, 1.82) is 0 Å². The minimum absolute atomic E-state index is 0.0200. The van der Waals surface area contributed by atoms with Gasteiger partial charge in [0.25, 0.3) is 0 Å². The zero-order valence-electron chi connectivity index (χ0n) is 6.48. The normalized spacial score (nSPS) is 12.7. The van der Waals surface area contributed by atoms with Crippen LogP contribution in [0, 0.1) is 0 Å². The van der Waals surface area contributed by atoms with E-state index in [1.54, 1.807) is 7.05 Å². The molecule has 60 valence electrons. The van der Waals surface area contributed by atoms with Crippen LogP contribution in [-0.2, 0) is 4.79 Å². The first-order valence-corrected chi connectivity index (χ1v) is 3.41. The Bertz CT molecular complexity index is 105. The van der Waals surface area contributed by atoms with Crippen LogP contribution in [0.15, 0.2) is 0 Å². The Hall–Kier alpha value is -0.610. The Balaban J connectivity index is 3.37. The van der Waals surface area contributed by atoms with Gasteiger partial charge in [-0.05, 0) is 6.42 Å². The number of amides is 1. The van der Waals surface area contributed by atoms with Crippen LogP contribution < -0.4 is 16.6 Å². The van der Waals surface area contributed by atoms with Gasteiger partial charge in [-0.15, -0.1) is 0 Å². The van der Waals surface area contributed by atoms with Crippen LogP contribution in [0.5, 0.6) is 0 Å². The van der Waals surface area contributed by atoms with E-state index in [2.05, 4.69) is 10.9 Å². The molecule has 4 nitrogen and oxygen atoms in total. The fraction of sp³-hybridized carbons (Fsp3) is 0.833. The lowest BCUT2D eigenvalue weighted by atomic mass is 10.2. The van der Waals surface area contributed by atoms with Gasteiger partial charge in [0.1, 0.15) is 0 Å². The van der Waals surface area contributed by atoms with Gasteiger partial charge in [-0.2, -0.15) is 0 Å². The van der Waals surface area contributed by atoms with E-state index >= 15 is 0 Å². The van der Waals surface area contributed by atoms with Crippen molar-refractivity contribution in [3.8, 4) is 0 Å². The molecule has 0 aromatic heterocycles. The number of hydrazine groups is 1. The van der Waals surface area contributed by atoms with Crippen molar-refractivity contribution in [3.63, 3.8) is 0 Å². The first-order chi connectivity index (χ1) is 4.70. The maximum atomic E-state index is 10.8. The molecule has 0 bridgehead atoms. The second-order valence-electron chi connectivity index (χ2n) is 2.17. The number of carbonyl (C=O) groups excluding carboxylic acids is 1. The summed E-state index contributed by atoms with van der Waals surface area (Å²) in [5.74, 6) is -0.0585. The standard InChI is InChI=1S/C6H15N3O/c1-3-5(7)4-6(10)9-8-2/h5,8H,3-4,7H2,1-2H3,(H,9,10). The molecule has 0 saturated heterocycles. The zero-order valence-corrected chi connectivity index (χ0v) is 6.48. The predicted molar refractivity (Wildman–Crippen MR) is 40.1 cm³/mol. The molecule has 0 aromatic carbocycles. The fourth-order valence-corrected chi connectivity index (χ4v) is 0.573. The van der Waals surface area contributed by atoms with Crippen LogP contribution in [0.1, 0.15) is 19.8 Å². The second-order valence-corrected chi connectivity index (χ2v) is 2.17. The molecule has 0 radical (unpaired) electrons. The molecule has 0 saturated carbocycles. The van der Waals surface area contributed by atoms with E-state index < -0.39 is 0 Å². The van der Waals surface area contributed by atoms with Crippen molar-refractivity contribution in [3.05, 3.63) is 0 Å². The lowest BCUT2D eigenvalue weighted by Crippen LogP contribution is -2.37. The minimum Gasteiger partial charge on any atom is -0.327 e. The summed E-state index contributed by atoms with van der Waals surface area (Å²) in [6.07, 6.45) is 1.22. The van der Waals surface area contributed by atoms with E-state index in [0.717, 1.165) is 6.42 Å². The molecule has 1 atom stereocenters.